The molecule has 1 atom stereocenters. The van der Waals surface area contributed by atoms with Crippen LogP contribution in [0.15, 0.2) is 47.5 Å². The lowest BCUT2D eigenvalue weighted by Gasteiger charge is -2.38. The second kappa shape index (κ2) is 9.68. The molecule has 11 heteroatoms. The van der Waals surface area contributed by atoms with Crippen molar-refractivity contribution in [2.75, 3.05) is 19.3 Å². The minimum atomic E-state index is -3.71. The molecule has 0 unspecified atom stereocenters. The van der Waals surface area contributed by atoms with Gasteiger partial charge in [0.2, 0.25) is 0 Å². The third-order valence-electron chi connectivity index (χ3n) is 7.04. The fraction of sp³-hybridized carbons (Fsp3) is 0.423. The lowest BCUT2D eigenvalue weighted by Crippen LogP contribution is -2.55. The number of carbonyl (C=O) groups is 1. The molecule has 3 aromatic rings. The number of likely N-dealkylation sites (tertiary alicyclic amines) is 1. The van der Waals surface area contributed by atoms with Gasteiger partial charge in [-0.2, -0.15) is 0 Å². The summed E-state index contributed by atoms with van der Waals surface area (Å²) in [6.07, 6.45) is 2.29. The number of fused-ring (bicyclic) bond motifs is 1. The Hall–Kier alpha value is -3.05. The van der Waals surface area contributed by atoms with Crippen molar-refractivity contribution < 1.29 is 26.4 Å². The SMILES string of the molecule is CCC(=O)[C@@](C)(CCn1cnc2cc(-c3ccc(CN4CC(F)(F)C4)cc3F)ccc2c1=O)S(C)(=O)=O. The molecule has 198 valence electrons. The zero-order chi connectivity index (χ0) is 27.2. The normalized spacial score (nSPS) is 17.4. The number of rotatable bonds is 9. The van der Waals surface area contributed by atoms with Crippen LogP contribution in [0.25, 0.3) is 22.0 Å². The summed E-state index contributed by atoms with van der Waals surface area (Å²) < 4.78 is 65.2. The summed E-state index contributed by atoms with van der Waals surface area (Å²) in [6.45, 7) is 2.50. The summed E-state index contributed by atoms with van der Waals surface area (Å²) in [6, 6.07) is 9.26. The predicted molar refractivity (Wildman–Crippen MR) is 135 cm³/mol. The first-order valence-corrected chi connectivity index (χ1v) is 13.7. The molecule has 1 aliphatic heterocycles. The van der Waals surface area contributed by atoms with E-state index in [1.165, 1.54) is 34.9 Å². The van der Waals surface area contributed by atoms with Gasteiger partial charge in [0.1, 0.15) is 10.6 Å². The van der Waals surface area contributed by atoms with Gasteiger partial charge in [0.05, 0.1) is 30.3 Å². The number of Topliss-reactive ketones (excluding diaryl/α,β-unsaturated/α-hetero) is 1. The van der Waals surface area contributed by atoms with Gasteiger partial charge in [-0.15, -0.1) is 0 Å². The fourth-order valence-electron chi connectivity index (χ4n) is 4.59. The van der Waals surface area contributed by atoms with Gasteiger partial charge in [-0.05, 0) is 42.7 Å². The van der Waals surface area contributed by atoms with E-state index in [2.05, 4.69) is 4.98 Å². The molecule has 0 aliphatic carbocycles. The molecule has 0 spiro atoms. The standard InChI is InChI=1S/C26H28F3N3O4S/c1-4-23(33)25(2,37(3,35)36)9-10-32-16-30-22-12-18(6-8-20(22)24(32)34)19-7-5-17(11-21(19)27)13-31-14-26(28,29)15-31/h5-8,11-12,16H,4,9-10,13-15H2,1-3H3/t25-/m1/s1. The average Bonchev–Trinajstić information content (AvgIpc) is 2.81. The van der Waals surface area contributed by atoms with Crippen molar-refractivity contribution in [2.45, 2.75) is 50.4 Å². The minimum absolute atomic E-state index is 0.0160. The predicted octanol–water partition coefficient (Wildman–Crippen LogP) is 3.83. The van der Waals surface area contributed by atoms with Crippen molar-refractivity contribution in [2.24, 2.45) is 0 Å². The van der Waals surface area contributed by atoms with E-state index >= 15 is 0 Å². The molecule has 1 aliphatic rings. The van der Waals surface area contributed by atoms with Crippen LogP contribution in [-0.2, 0) is 27.7 Å². The first-order chi connectivity index (χ1) is 17.2. The quantitative estimate of drug-likeness (QED) is 0.414. The van der Waals surface area contributed by atoms with Crippen molar-refractivity contribution in [3.8, 4) is 11.1 Å². The largest absolute Gasteiger partial charge is 0.299 e. The van der Waals surface area contributed by atoms with Gasteiger partial charge in [0, 0.05) is 31.3 Å². The van der Waals surface area contributed by atoms with Crippen LogP contribution in [0.1, 0.15) is 32.3 Å². The summed E-state index contributed by atoms with van der Waals surface area (Å²) >= 11 is 0. The number of alkyl halides is 2. The molecule has 37 heavy (non-hydrogen) atoms. The monoisotopic (exact) mass is 535 g/mol. The van der Waals surface area contributed by atoms with E-state index < -0.39 is 37.7 Å². The molecule has 0 bridgehead atoms. The summed E-state index contributed by atoms with van der Waals surface area (Å²) in [5, 5.41) is 0.268. The van der Waals surface area contributed by atoms with E-state index in [0.717, 1.165) is 6.26 Å². The maximum Gasteiger partial charge on any atom is 0.272 e. The highest BCUT2D eigenvalue weighted by molar-refractivity contribution is 7.92. The summed E-state index contributed by atoms with van der Waals surface area (Å²) in [7, 11) is -3.71. The number of sulfone groups is 1. The number of hydrogen-bond acceptors (Lipinski definition) is 6. The number of hydrogen-bond donors (Lipinski definition) is 0. The Kier molecular flexibility index (Phi) is 7.06. The Morgan fingerprint density at radius 1 is 1.16 bits per heavy atom. The minimum Gasteiger partial charge on any atom is -0.299 e. The van der Waals surface area contributed by atoms with Crippen molar-refractivity contribution in [3.63, 3.8) is 0 Å². The van der Waals surface area contributed by atoms with Crippen molar-refractivity contribution >= 4 is 26.5 Å². The lowest BCUT2D eigenvalue weighted by atomic mass is 9.99. The molecule has 4 rings (SSSR count). The van der Waals surface area contributed by atoms with Crippen LogP contribution in [0.2, 0.25) is 0 Å². The Morgan fingerprint density at radius 3 is 2.46 bits per heavy atom. The maximum absolute atomic E-state index is 14.9. The van der Waals surface area contributed by atoms with E-state index in [9.17, 15) is 31.2 Å². The lowest BCUT2D eigenvalue weighted by molar-refractivity contribution is -0.133. The second-order valence-corrected chi connectivity index (χ2v) is 12.3. The van der Waals surface area contributed by atoms with Gasteiger partial charge in [-0.1, -0.05) is 25.1 Å². The molecular weight excluding hydrogens is 507 g/mol. The van der Waals surface area contributed by atoms with Crippen molar-refractivity contribution in [1.82, 2.24) is 14.5 Å². The molecule has 0 saturated carbocycles. The number of nitrogens with zero attached hydrogens (tertiary/aromatic N) is 3. The van der Waals surface area contributed by atoms with Crippen LogP contribution in [-0.4, -0.2) is 58.7 Å². The molecule has 2 heterocycles. The highest BCUT2D eigenvalue weighted by Gasteiger charge is 2.43. The third-order valence-corrected chi connectivity index (χ3v) is 9.11. The fourth-order valence-corrected chi connectivity index (χ4v) is 5.61. The van der Waals surface area contributed by atoms with Gasteiger partial charge >= 0.3 is 0 Å². The smallest absolute Gasteiger partial charge is 0.272 e. The number of aryl methyl sites for hydroxylation is 1. The molecule has 7 nitrogen and oxygen atoms in total. The molecular formula is C26H28F3N3O4S. The number of benzene rings is 2. The highest BCUT2D eigenvalue weighted by atomic mass is 32.2. The third kappa shape index (κ3) is 5.33. The Labute approximate surface area is 212 Å². The maximum atomic E-state index is 14.9. The van der Waals surface area contributed by atoms with Gasteiger partial charge in [-0.25, -0.2) is 26.6 Å². The van der Waals surface area contributed by atoms with Crippen LogP contribution in [0.3, 0.4) is 0 Å². The molecule has 1 aromatic heterocycles. The zero-order valence-corrected chi connectivity index (χ0v) is 21.6. The number of aromatic nitrogens is 2. The topological polar surface area (TPSA) is 89.3 Å². The van der Waals surface area contributed by atoms with Crippen molar-refractivity contribution in [3.05, 3.63) is 64.5 Å². The van der Waals surface area contributed by atoms with Gasteiger partial charge in [-0.3, -0.25) is 19.1 Å². The molecule has 1 saturated heterocycles. The number of carbonyl (C=O) groups excluding carboxylic acids is 1. The Bertz CT molecular complexity index is 1530. The van der Waals surface area contributed by atoms with Crippen LogP contribution in [0.5, 0.6) is 0 Å². The molecule has 2 aromatic carbocycles. The van der Waals surface area contributed by atoms with Crippen LogP contribution < -0.4 is 5.56 Å². The Balaban J connectivity index is 1.56. The van der Waals surface area contributed by atoms with Crippen LogP contribution in [0.4, 0.5) is 13.2 Å². The van der Waals surface area contributed by atoms with E-state index in [-0.39, 0.29) is 50.0 Å². The first kappa shape index (κ1) is 27.0. The molecule has 0 N–H and O–H groups in total. The molecule has 1 fully saturated rings. The van der Waals surface area contributed by atoms with Crippen molar-refractivity contribution in [1.29, 1.82) is 0 Å². The van der Waals surface area contributed by atoms with E-state index in [4.69, 9.17) is 0 Å². The summed E-state index contributed by atoms with van der Waals surface area (Å²) in [5.41, 5.74) is 1.29. The highest BCUT2D eigenvalue weighted by Crippen LogP contribution is 2.30. The summed E-state index contributed by atoms with van der Waals surface area (Å²) in [5.74, 6) is -3.62. The second-order valence-electron chi connectivity index (χ2n) is 9.82. The Morgan fingerprint density at radius 2 is 1.86 bits per heavy atom. The van der Waals surface area contributed by atoms with E-state index in [1.54, 1.807) is 31.2 Å². The zero-order valence-electron chi connectivity index (χ0n) is 20.8. The van der Waals surface area contributed by atoms with Crippen LogP contribution in [0, 0.1) is 5.82 Å². The summed E-state index contributed by atoms with van der Waals surface area (Å²) in [4.78, 5) is 31.2. The first-order valence-electron chi connectivity index (χ1n) is 11.9. The van der Waals surface area contributed by atoms with Crippen LogP contribution >= 0.6 is 0 Å². The van der Waals surface area contributed by atoms with Gasteiger partial charge < -0.3 is 0 Å². The van der Waals surface area contributed by atoms with E-state index in [1.807, 2.05) is 0 Å². The van der Waals surface area contributed by atoms with E-state index in [0.29, 0.717) is 16.6 Å². The average molecular weight is 536 g/mol. The number of ketones is 1. The molecule has 0 radical (unpaired) electrons. The van der Waals surface area contributed by atoms with Gasteiger partial charge in [0.25, 0.3) is 11.5 Å². The number of halogens is 3. The molecule has 0 amide bonds. The van der Waals surface area contributed by atoms with Gasteiger partial charge in [0.15, 0.2) is 15.6 Å².